The third-order valence-electron chi connectivity index (χ3n) is 2.42. The number of rotatable bonds is 5. The Morgan fingerprint density at radius 2 is 2.10 bits per heavy atom. The highest BCUT2D eigenvalue weighted by Crippen LogP contribution is 2.23. The summed E-state index contributed by atoms with van der Waals surface area (Å²) in [5.74, 6) is -0.596. The van der Waals surface area contributed by atoms with Crippen LogP contribution in [-0.4, -0.2) is 18.9 Å². The highest BCUT2D eigenvalue weighted by atomic mass is 16.5. The number of nitriles is 1. The molecule has 6 heteroatoms. The molecule has 2 amide bonds. The van der Waals surface area contributed by atoms with Gasteiger partial charge in [0.2, 0.25) is 5.91 Å². The fraction of sp³-hybridized carbons (Fsp3) is 0.214. The molecule has 0 atom stereocenters. The summed E-state index contributed by atoms with van der Waals surface area (Å²) in [5.41, 5.74) is 0.412. The SMILES string of the molecule is CCC(=O)NC(=O)C(C#N)=CNc1ccccc1OC. The van der Waals surface area contributed by atoms with Crippen LogP contribution in [0.2, 0.25) is 0 Å². The Kier molecular flexibility index (Phi) is 5.78. The molecule has 20 heavy (non-hydrogen) atoms. The second-order valence-corrected chi connectivity index (χ2v) is 3.75. The monoisotopic (exact) mass is 273 g/mol. The van der Waals surface area contributed by atoms with E-state index in [4.69, 9.17) is 10.00 Å². The Labute approximate surface area is 117 Å². The summed E-state index contributed by atoms with van der Waals surface area (Å²) >= 11 is 0. The van der Waals surface area contributed by atoms with E-state index in [1.807, 2.05) is 0 Å². The Morgan fingerprint density at radius 3 is 2.70 bits per heavy atom. The van der Waals surface area contributed by atoms with Crippen molar-refractivity contribution in [1.82, 2.24) is 5.32 Å². The van der Waals surface area contributed by atoms with Crippen LogP contribution in [0.25, 0.3) is 0 Å². The molecule has 0 aliphatic heterocycles. The van der Waals surface area contributed by atoms with Gasteiger partial charge in [0, 0.05) is 12.6 Å². The van der Waals surface area contributed by atoms with Gasteiger partial charge in [0.15, 0.2) is 0 Å². The first kappa shape index (κ1) is 15.2. The van der Waals surface area contributed by atoms with E-state index in [0.29, 0.717) is 11.4 Å². The molecule has 6 nitrogen and oxygen atoms in total. The van der Waals surface area contributed by atoms with E-state index < -0.39 is 11.8 Å². The first-order valence-electron chi connectivity index (χ1n) is 5.96. The largest absolute Gasteiger partial charge is 0.495 e. The van der Waals surface area contributed by atoms with Crippen molar-refractivity contribution in [2.24, 2.45) is 0 Å². The maximum absolute atomic E-state index is 11.6. The van der Waals surface area contributed by atoms with Crippen LogP contribution in [0.15, 0.2) is 36.0 Å². The van der Waals surface area contributed by atoms with Crippen molar-refractivity contribution in [3.05, 3.63) is 36.0 Å². The first-order chi connectivity index (χ1) is 9.62. The zero-order valence-corrected chi connectivity index (χ0v) is 11.3. The summed E-state index contributed by atoms with van der Waals surface area (Å²) in [4.78, 5) is 22.7. The maximum Gasteiger partial charge on any atom is 0.269 e. The minimum Gasteiger partial charge on any atom is -0.495 e. The Morgan fingerprint density at radius 1 is 1.40 bits per heavy atom. The highest BCUT2D eigenvalue weighted by molar-refractivity contribution is 6.06. The van der Waals surface area contributed by atoms with Gasteiger partial charge in [0.25, 0.3) is 5.91 Å². The van der Waals surface area contributed by atoms with Gasteiger partial charge in [0.1, 0.15) is 17.4 Å². The van der Waals surface area contributed by atoms with Crippen LogP contribution in [0.3, 0.4) is 0 Å². The Balaban J connectivity index is 2.83. The summed E-state index contributed by atoms with van der Waals surface area (Å²) < 4.78 is 5.12. The molecule has 0 heterocycles. The van der Waals surface area contributed by atoms with Crippen LogP contribution in [-0.2, 0) is 9.59 Å². The number of anilines is 1. The highest BCUT2D eigenvalue weighted by Gasteiger charge is 2.11. The van der Waals surface area contributed by atoms with Gasteiger partial charge in [-0.3, -0.25) is 14.9 Å². The summed E-state index contributed by atoms with van der Waals surface area (Å²) in [7, 11) is 1.52. The lowest BCUT2D eigenvalue weighted by molar-refractivity contribution is -0.128. The third-order valence-corrected chi connectivity index (χ3v) is 2.42. The molecule has 0 saturated heterocycles. The van der Waals surface area contributed by atoms with E-state index in [2.05, 4.69) is 10.6 Å². The van der Waals surface area contributed by atoms with Crippen LogP contribution in [0.1, 0.15) is 13.3 Å². The second-order valence-electron chi connectivity index (χ2n) is 3.75. The van der Waals surface area contributed by atoms with Crippen molar-refractivity contribution in [3.8, 4) is 11.8 Å². The van der Waals surface area contributed by atoms with Crippen LogP contribution in [0.4, 0.5) is 5.69 Å². The fourth-order valence-electron chi connectivity index (χ4n) is 1.34. The summed E-state index contributed by atoms with van der Waals surface area (Å²) in [5, 5.41) is 13.8. The number of benzene rings is 1. The summed E-state index contributed by atoms with van der Waals surface area (Å²) in [6, 6.07) is 8.79. The van der Waals surface area contributed by atoms with Crippen molar-refractivity contribution >= 4 is 17.5 Å². The molecule has 1 aromatic carbocycles. The normalized spacial score (nSPS) is 10.3. The molecule has 0 radical (unpaired) electrons. The number of methoxy groups -OCH3 is 1. The average Bonchev–Trinajstić information content (AvgIpc) is 2.48. The standard InChI is InChI=1S/C14H15N3O3/c1-3-13(18)17-14(19)10(8-15)9-16-11-6-4-5-7-12(11)20-2/h4-7,9,16H,3H2,1-2H3,(H,17,18,19). The fourth-order valence-corrected chi connectivity index (χ4v) is 1.34. The average molecular weight is 273 g/mol. The molecule has 0 aliphatic rings. The zero-order valence-electron chi connectivity index (χ0n) is 11.3. The first-order valence-corrected chi connectivity index (χ1v) is 5.96. The number of carbonyl (C=O) groups excluding carboxylic acids is 2. The Hall–Kier alpha value is -2.81. The van der Waals surface area contributed by atoms with Crippen molar-refractivity contribution in [2.45, 2.75) is 13.3 Å². The van der Waals surface area contributed by atoms with Crippen LogP contribution >= 0.6 is 0 Å². The van der Waals surface area contributed by atoms with E-state index in [0.717, 1.165) is 0 Å². The lowest BCUT2D eigenvalue weighted by atomic mass is 10.2. The number of nitrogens with zero attached hydrogens (tertiary/aromatic N) is 1. The lowest BCUT2D eigenvalue weighted by Crippen LogP contribution is -2.30. The molecule has 0 fully saturated rings. The summed E-state index contributed by atoms with van der Waals surface area (Å²) in [6.45, 7) is 1.62. The molecule has 1 aromatic rings. The van der Waals surface area contributed by atoms with Crippen molar-refractivity contribution in [2.75, 3.05) is 12.4 Å². The summed E-state index contributed by atoms with van der Waals surface area (Å²) in [6.07, 6.45) is 1.40. The molecule has 104 valence electrons. The predicted molar refractivity (Wildman–Crippen MR) is 73.8 cm³/mol. The molecular weight excluding hydrogens is 258 g/mol. The minimum absolute atomic E-state index is 0.171. The van der Waals surface area contributed by atoms with E-state index in [1.54, 1.807) is 37.3 Å². The molecule has 0 bridgehead atoms. The number of nitrogens with one attached hydrogen (secondary N) is 2. The molecule has 0 spiro atoms. The number of imide groups is 1. The molecule has 0 saturated carbocycles. The van der Waals surface area contributed by atoms with Gasteiger partial charge in [0.05, 0.1) is 12.8 Å². The third kappa shape index (κ3) is 4.14. The number of hydrogen-bond donors (Lipinski definition) is 2. The van der Waals surface area contributed by atoms with E-state index in [-0.39, 0.29) is 12.0 Å². The topological polar surface area (TPSA) is 91.2 Å². The molecule has 2 N–H and O–H groups in total. The van der Waals surface area contributed by atoms with Gasteiger partial charge in [-0.15, -0.1) is 0 Å². The maximum atomic E-state index is 11.6. The second kappa shape index (κ2) is 7.59. The van der Waals surface area contributed by atoms with Crippen LogP contribution in [0, 0.1) is 11.3 Å². The van der Waals surface area contributed by atoms with Crippen LogP contribution in [0.5, 0.6) is 5.75 Å². The zero-order chi connectivity index (χ0) is 15.0. The van der Waals surface area contributed by atoms with Crippen LogP contribution < -0.4 is 15.4 Å². The van der Waals surface area contributed by atoms with Gasteiger partial charge >= 0.3 is 0 Å². The van der Waals surface area contributed by atoms with E-state index >= 15 is 0 Å². The van der Waals surface area contributed by atoms with Gasteiger partial charge in [-0.25, -0.2) is 0 Å². The van der Waals surface area contributed by atoms with Crippen molar-refractivity contribution in [3.63, 3.8) is 0 Å². The Bertz CT molecular complexity index is 573. The van der Waals surface area contributed by atoms with Crippen molar-refractivity contribution in [1.29, 1.82) is 5.26 Å². The van der Waals surface area contributed by atoms with E-state index in [9.17, 15) is 9.59 Å². The van der Waals surface area contributed by atoms with Gasteiger partial charge in [-0.1, -0.05) is 19.1 Å². The smallest absolute Gasteiger partial charge is 0.269 e. The lowest BCUT2D eigenvalue weighted by Gasteiger charge is -2.08. The van der Waals surface area contributed by atoms with Crippen molar-refractivity contribution < 1.29 is 14.3 Å². The molecule has 0 aliphatic carbocycles. The quantitative estimate of drug-likeness (QED) is 0.627. The number of hydrogen-bond acceptors (Lipinski definition) is 5. The molecule has 0 unspecified atom stereocenters. The van der Waals surface area contributed by atoms with Gasteiger partial charge in [-0.05, 0) is 12.1 Å². The number of carbonyl (C=O) groups is 2. The number of ether oxygens (including phenoxy) is 1. The molecule has 1 rings (SSSR count). The molecule has 0 aromatic heterocycles. The molecular formula is C14H15N3O3. The van der Waals surface area contributed by atoms with Gasteiger partial charge < -0.3 is 10.1 Å². The number of amides is 2. The van der Waals surface area contributed by atoms with Gasteiger partial charge in [-0.2, -0.15) is 5.26 Å². The number of para-hydroxylation sites is 2. The van der Waals surface area contributed by atoms with E-state index in [1.165, 1.54) is 13.3 Å². The predicted octanol–water partition coefficient (Wildman–Crippen LogP) is 1.57. The minimum atomic E-state index is -0.734.